The number of anilines is 2. The fourth-order valence-electron chi connectivity index (χ4n) is 2.98. The van der Waals surface area contributed by atoms with Crippen molar-refractivity contribution in [3.05, 3.63) is 83.0 Å². The maximum Gasteiger partial charge on any atom is 0.211 e. The number of benzene rings is 2. The van der Waals surface area contributed by atoms with Crippen molar-refractivity contribution < 1.29 is 4.79 Å². The molecule has 0 fully saturated rings. The summed E-state index contributed by atoms with van der Waals surface area (Å²) in [6.07, 6.45) is 0.587. The number of thiocarbonyl (C=S) groups is 1. The van der Waals surface area contributed by atoms with Crippen LogP contribution in [-0.4, -0.2) is 21.7 Å². The lowest BCUT2D eigenvalue weighted by Crippen LogP contribution is -2.14. The van der Waals surface area contributed by atoms with Crippen molar-refractivity contribution in [1.82, 2.24) is 4.98 Å². The van der Waals surface area contributed by atoms with Crippen molar-refractivity contribution in [1.29, 1.82) is 0 Å². The highest BCUT2D eigenvalue weighted by atomic mass is 32.1. The van der Waals surface area contributed by atoms with Crippen LogP contribution in [0.4, 0.5) is 11.5 Å². The second kappa shape index (κ2) is 8.18. The van der Waals surface area contributed by atoms with Crippen molar-refractivity contribution in [3.63, 3.8) is 0 Å². The van der Waals surface area contributed by atoms with Crippen LogP contribution in [0, 0.1) is 0 Å². The standard InChI is InChI=1S/C22H23N3OS/c1-14(2)24-22-18(17(27)13-15-9-5-3-6-10-15)19(23)20(25-22)21(26)16-11-7-4-8-12-16/h3-12,14,24-25H,13,23H2,1-2H3. The predicted octanol–water partition coefficient (Wildman–Crippen LogP) is 4.61. The molecule has 0 spiro atoms. The smallest absolute Gasteiger partial charge is 0.211 e. The Balaban J connectivity index is 2.00. The Hall–Kier alpha value is -2.92. The van der Waals surface area contributed by atoms with Gasteiger partial charge in [-0.25, -0.2) is 0 Å². The predicted molar refractivity (Wildman–Crippen MR) is 116 cm³/mol. The van der Waals surface area contributed by atoms with E-state index in [4.69, 9.17) is 18.0 Å². The summed E-state index contributed by atoms with van der Waals surface area (Å²) >= 11 is 5.70. The second-order valence-electron chi connectivity index (χ2n) is 6.74. The van der Waals surface area contributed by atoms with Crippen molar-refractivity contribution in [2.75, 3.05) is 11.1 Å². The van der Waals surface area contributed by atoms with E-state index in [1.165, 1.54) is 0 Å². The van der Waals surface area contributed by atoms with E-state index in [0.717, 1.165) is 5.56 Å². The molecule has 3 aromatic rings. The summed E-state index contributed by atoms with van der Waals surface area (Å²) in [5, 5.41) is 3.33. The van der Waals surface area contributed by atoms with Crippen molar-refractivity contribution in [2.24, 2.45) is 0 Å². The van der Waals surface area contributed by atoms with Gasteiger partial charge in [-0.1, -0.05) is 72.9 Å². The zero-order chi connectivity index (χ0) is 19.4. The normalized spacial score (nSPS) is 10.8. The molecule has 0 atom stereocenters. The van der Waals surface area contributed by atoms with Gasteiger partial charge in [-0.3, -0.25) is 4.79 Å². The molecule has 0 saturated heterocycles. The number of rotatable bonds is 7. The quantitative estimate of drug-likeness (QED) is 0.415. The number of ketones is 1. The molecule has 0 amide bonds. The number of aromatic nitrogens is 1. The Kier molecular flexibility index (Phi) is 5.72. The molecule has 4 N–H and O–H groups in total. The molecule has 0 unspecified atom stereocenters. The average molecular weight is 378 g/mol. The van der Waals surface area contributed by atoms with Gasteiger partial charge in [-0.05, 0) is 19.4 Å². The Morgan fingerprint density at radius 2 is 1.67 bits per heavy atom. The number of hydrogen-bond acceptors (Lipinski definition) is 4. The first-order valence-corrected chi connectivity index (χ1v) is 9.33. The molecule has 138 valence electrons. The van der Waals surface area contributed by atoms with Gasteiger partial charge in [0.05, 0.1) is 11.3 Å². The van der Waals surface area contributed by atoms with Crippen LogP contribution in [0.1, 0.15) is 41.0 Å². The van der Waals surface area contributed by atoms with Gasteiger partial charge in [0.25, 0.3) is 0 Å². The minimum atomic E-state index is -0.145. The number of carbonyl (C=O) groups excluding carboxylic acids is 1. The molecule has 1 heterocycles. The van der Waals surface area contributed by atoms with E-state index < -0.39 is 0 Å². The maximum atomic E-state index is 12.9. The van der Waals surface area contributed by atoms with Crippen LogP contribution >= 0.6 is 12.2 Å². The largest absolute Gasteiger partial charge is 0.396 e. The summed E-state index contributed by atoms with van der Waals surface area (Å²) in [5.74, 6) is 0.552. The molecular weight excluding hydrogens is 354 g/mol. The van der Waals surface area contributed by atoms with Crippen molar-refractivity contribution in [2.45, 2.75) is 26.3 Å². The Morgan fingerprint density at radius 1 is 1.07 bits per heavy atom. The van der Waals surface area contributed by atoms with E-state index in [1.807, 2.05) is 62.4 Å². The van der Waals surface area contributed by atoms with Gasteiger partial charge in [-0.2, -0.15) is 0 Å². The Labute approximate surface area is 164 Å². The van der Waals surface area contributed by atoms with Crippen LogP contribution in [0.3, 0.4) is 0 Å². The van der Waals surface area contributed by atoms with Crippen LogP contribution in [-0.2, 0) is 6.42 Å². The molecule has 0 aliphatic rings. The lowest BCUT2D eigenvalue weighted by molar-refractivity contribution is 0.103. The first kappa shape index (κ1) is 18.9. The summed E-state index contributed by atoms with van der Waals surface area (Å²) in [6, 6.07) is 19.3. The first-order valence-electron chi connectivity index (χ1n) is 8.92. The Morgan fingerprint density at radius 3 is 2.26 bits per heavy atom. The van der Waals surface area contributed by atoms with Crippen LogP contribution in [0.5, 0.6) is 0 Å². The monoisotopic (exact) mass is 377 g/mol. The molecule has 5 heteroatoms. The molecule has 0 radical (unpaired) electrons. The third kappa shape index (κ3) is 4.26. The van der Waals surface area contributed by atoms with E-state index in [2.05, 4.69) is 10.3 Å². The van der Waals surface area contributed by atoms with Gasteiger partial charge < -0.3 is 16.0 Å². The van der Waals surface area contributed by atoms with Gasteiger partial charge in [0.2, 0.25) is 5.78 Å². The topological polar surface area (TPSA) is 70.9 Å². The van der Waals surface area contributed by atoms with Crippen LogP contribution in [0.2, 0.25) is 0 Å². The third-order valence-corrected chi connectivity index (χ3v) is 4.57. The molecule has 0 saturated carbocycles. The number of aromatic amines is 1. The van der Waals surface area contributed by atoms with Gasteiger partial charge in [-0.15, -0.1) is 0 Å². The average Bonchev–Trinajstić information content (AvgIpc) is 2.98. The number of carbonyl (C=O) groups is 1. The zero-order valence-electron chi connectivity index (χ0n) is 15.5. The van der Waals surface area contributed by atoms with E-state index in [0.29, 0.717) is 39.6 Å². The number of nitrogens with one attached hydrogen (secondary N) is 2. The SMILES string of the molecule is CC(C)Nc1[nH]c(C(=O)c2ccccc2)c(N)c1C(=S)Cc1ccccc1. The summed E-state index contributed by atoms with van der Waals surface area (Å²) in [4.78, 5) is 16.8. The number of hydrogen-bond donors (Lipinski definition) is 3. The zero-order valence-corrected chi connectivity index (χ0v) is 16.3. The summed E-state index contributed by atoms with van der Waals surface area (Å²) in [5.41, 5.74) is 9.56. The highest BCUT2D eigenvalue weighted by Gasteiger charge is 2.24. The molecule has 0 aliphatic carbocycles. The second-order valence-corrected chi connectivity index (χ2v) is 7.24. The minimum Gasteiger partial charge on any atom is -0.396 e. The molecular formula is C22H23N3OS. The van der Waals surface area contributed by atoms with E-state index in [9.17, 15) is 4.79 Å². The third-order valence-electron chi connectivity index (χ3n) is 4.22. The van der Waals surface area contributed by atoms with Gasteiger partial charge >= 0.3 is 0 Å². The molecule has 3 rings (SSSR count). The summed E-state index contributed by atoms with van der Waals surface area (Å²) < 4.78 is 0. The van der Waals surface area contributed by atoms with Crippen LogP contribution in [0.25, 0.3) is 0 Å². The van der Waals surface area contributed by atoms with Crippen molar-refractivity contribution in [3.8, 4) is 0 Å². The van der Waals surface area contributed by atoms with Gasteiger partial charge in [0, 0.05) is 22.9 Å². The summed E-state index contributed by atoms with van der Waals surface area (Å²) in [6.45, 7) is 4.06. The fourth-order valence-corrected chi connectivity index (χ4v) is 3.36. The molecule has 0 bridgehead atoms. The highest BCUT2D eigenvalue weighted by Crippen LogP contribution is 2.30. The number of nitrogens with two attached hydrogens (primary N) is 1. The maximum absolute atomic E-state index is 12.9. The molecule has 1 aromatic heterocycles. The lowest BCUT2D eigenvalue weighted by Gasteiger charge is -2.12. The molecule has 4 nitrogen and oxygen atoms in total. The minimum absolute atomic E-state index is 0.145. The summed E-state index contributed by atoms with van der Waals surface area (Å²) in [7, 11) is 0. The lowest BCUT2D eigenvalue weighted by atomic mass is 10.0. The highest BCUT2D eigenvalue weighted by molar-refractivity contribution is 7.80. The number of nitrogen functional groups attached to an aromatic ring is 1. The van der Waals surface area contributed by atoms with Gasteiger partial charge in [0.1, 0.15) is 11.5 Å². The van der Waals surface area contributed by atoms with E-state index in [1.54, 1.807) is 12.1 Å². The molecule has 2 aromatic carbocycles. The number of H-pyrrole nitrogens is 1. The van der Waals surface area contributed by atoms with Crippen molar-refractivity contribution >= 4 is 34.4 Å². The van der Waals surface area contributed by atoms with Gasteiger partial charge in [0.15, 0.2) is 0 Å². The van der Waals surface area contributed by atoms with Crippen LogP contribution in [0.15, 0.2) is 60.7 Å². The van der Waals surface area contributed by atoms with E-state index in [-0.39, 0.29) is 11.8 Å². The fraction of sp³-hybridized carbons (Fsp3) is 0.182. The molecule has 0 aliphatic heterocycles. The van der Waals surface area contributed by atoms with E-state index >= 15 is 0 Å². The molecule has 27 heavy (non-hydrogen) atoms. The van der Waals surface area contributed by atoms with Crippen LogP contribution < -0.4 is 11.1 Å². The first-order chi connectivity index (χ1) is 13.0. The Bertz CT molecular complexity index is 946.